The van der Waals surface area contributed by atoms with E-state index in [4.69, 9.17) is 16.2 Å². The van der Waals surface area contributed by atoms with Crippen LogP contribution in [0.1, 0.15) is 5.56 Å². The van der Waals surface area contributed by atoms with Crippen molar-refractivity contribution in [1.82, 2.24) is 0 Å². The molecule has 0 saturated heterocycles. The topological polar surface area (TPSA) is 54.4 Å². The number of rotatable bonds is 1. The van der Waals surface area contributed by atoms with Crippen LogP contribution in [-0.2, 0) is 10.1 Å². The highest BCUT2D eigenvalue weighted by Crippen LogP contribution is 2.37. The molecular weight excluding hydrogens is 359 g/mol. The molecule has 0 spiro atoms. The Balaban J connectivity index is 3.70. The van der Waals surface area contributed by atoms with Crippen molar-refractivity contribution >= 4 is 53.6 Å². The maximum absolute atomic E-state index is 11.0. The van der Waals surface area contributed by atoms with Gasteiger partial charge in [0.15, 0.2) is 0 Å². The molecule has 0 aromatic heterocycles. The molecular formula is C7H5Br2ClO3S. The first-order valence-electron chi connectivity index (χ1n) is 3.36. The quantitative estimate of drug-likeness (QED) is 0.614. The Morgan fingerprint density at radius 3 is 2.36 bits per heavy atom. The summed E-state index contributed by atoms with van der Waals surface area (Å²) in [6, 6.07) is 1.52. The smallest absolute Gasteiger partial charge is 0.282 e. The van der Waals surface area contributed by atoms with E-state index < -0.39 is 10.1 Å². The molecule has 14 heavy (non-hydrogen) atoms. The first kappa shape index (κ1) is 12.4. The highest BCUT2D eigenvalue weighted by molar-refractivity contribution is 9.11. The van der Waals surface area contributed by atoms with E-state index in [2.05, 4.69) is 31.9 Å². The number of halogens is 3. The van der Waals surface area contributed by atoms with Gasteiger partial charge < -0.3 is 0 Å². The highest BCUT2D eigenvalue weighted by atomic mass is 79.9. The Kier molecular flexibility index (Phi) is 3.64. The van der Waals surface area contributed by atoms with Crippen molar-refractivity contribution in [3.63, 3.8) is 0 Å². The van der Waals surface area contributed by atoms with Crippen LogP contribution in [0.3, 0.4) is 0 Å². The van der Waals surface area contributed by atoms with Crippen molar-refractivity contribution in [2.45, 2.75) is 11.8 Å². The van der Waals surface area contributed by atoms with E-state index in [9.17, 15) is 8.42 Å². The summed E-state index contributed by atoms with van der Waals surface area (Å²) in [5, 5.41) is 0.265. The predicted octanol–water partition coefficient (Wildman–Crippen LogP) is 3.42. The van der Waals surface area contributed by atoms with Crippen LogP contribution in [-0.4, -0.2) is 13.0 Å². The summed E-state index contributed by atoms with van der Waals surface area (Å²) in [4.78, 5) is -0.256. The van der Waals surface area contributed by atoms with Gasteiger partial charge >= 0.3 is 0 Å². The summed E-state index contributed by atoms with van der Waals surface area (Å²) in [5.41, 5.74) is 0.706. The fourth-order valence-electron chi connectivity index (χ4n) is 0.933. The summed E-state index contributed by atoms with van der Waals surface area (Å²) in [7, 11) is -4.28. The molecule has 0 aliphatic rings. The van der Waals surface area contributed by atoms with Crippen molar-refractivity contribution in [2.75, 3.05) is 0 Å². The number of aryl methyl sites for hydroxylation is 1. The molecule has 0 aliphatic carbocycles. The zero-order chi connectivity index (χ0) is 11.1. The lowest BCUT2D eigenvalue weighted by Gasteiger charge is -2.08. The third-order valence-electron chi connectivity index (χ3n) is 1.56. The number of hydrogen-bond donors (Lipinski definition) is 1. The molecule has 1 aromatic rings. The van der Waals surface area contributed by atoms with Gasteiger partial charge in [0.1, 0.15) is 4.90 Å². The molecule has 7 heteroatoms. The normalized spacial score (nSPS) is 11.8. The van der Waals surface area contributed by atoms with Crippen LogP contribution in [0.5, 0.6) is 0 Å². The summed E-state index contributed by atoms with van der Waals surface area (Å²) < 4.78 is 31.3. The largest absolute Gasteiger partial charge is 0.296 e. The lowest BCUT2D eigenvalue weighted by Crippen LogP contribution is -2.01. The van der Waals surface area contributed by atoms with Crippen LogP contribution in [0.25, 0.3) is 0 Å². The van der Waals surface area contributed by atoms with Crippen molar-refractivity contribution in [2.24, 2.45) is 0 Å². The second-order valence-corrected chi connectivity index (χ2v) is 5.99. The van der Waals surface area contributed by atoms with Gasteiger partial charge in [-0.15, -0.1) is 0 Å². The van der Waals surface area contributed by atoms with Gasteiger partial charge in [-0.05, 0) is 50.4 Å². The second-order valence-electron chi connectivity index (χ2n) is 2.61. The second kappa shape index (κ2) is 4.09. The lowest BCUT2D eigenvalue weighted by molar-refractivity contribution is 0.482. The molecule has 3 nitrogen and oxygen atoms in total. The molecule has 0 heterocycles. The minimum atomic E-state index is -4.28. The van der Waals surface area contributed by atoms with Gasteiger partial charge in [-0.25, -0.2) is 0 Å². The number of hydrogen-bond acceptors (Lipinski definition) is 2. The standard InChI is InChI=1S/C7H5Br2ClO3S/c1-3-2-4(8)7(14(11,12)13)5(9)6(3)10/h2H,1H3,(H,11,12,13). The summed E-state index contributed by atoms with van der Waals surface area (Å²) in [6.45, 7) is 1.73. The van der Waals surface area contributed by atoms with E-state index in [0.717, 1.165) is 0 Å². The van der Waals surface area contributed by atoms with Gasteiger partial charge in [0.05, 0.1) is 9.50 Å². The molecule has 78 valence electrons. The summed E-state index contributed by atoms with van der Waals surface area (Å²) in [6.07, 6.45) is 0. The Hall–Kier alpha value is 0.380. The zero-order valence-corrected chi connectivity index (χ0v) is 11.6. The van der Waals surface area contributed by atoms with Gasteiger partial charge in [-0.2, -0.15) is 8.42 Å². The minimum Gasteiger partial charge on any atom is -0.282 e. The van der Waals surface area contributed by atoms with Crippen LogP contribution in [0.15, 0.2) is 19.9 Å². The molecule has 0 aliphatic heterocycles. The Morgan fingerprint density at radius 2 is 1.93 bits per heavy atom. The SMILES string of the molecule is Cc1cc(Br)c(S(=O)(=O)O)c(Br)c1Cl. The molecule has 0 bridgehead atoms. The van der Waals surface area contributed by atoms with Gasteiger partial charge in [-0.3, -0.25) is 4.55 Å². The van der Waals surface area contributed by atoms with E-state index >= 15 is 0 Å². The molecule has 1 N–H and O–H groups in total. The van der Waals surface area contributed by atoms with Crippen LogP contribution in [0, 0.1) is 6.92 Å². The first-order valence-corrected chi connectivity index (χ1v) is 6.77. The van der Waals surface area contributed by atoms with E-state index in [0.29, 0.717) is 5.56 Å². The molecule has 1 aromatic carbocycles. The fourth-order valence-corrected chi connectivity index (χ4v) is 4.33. The van der Waals surface area contributed by atoms with Crippen molar-refractivity contribution < 1.29 is 13.0 Å². The van der Waals surface area contributed by atoms with Gasteiger partial charge in [0, 0.05) is 4.47 Å². The van der Waals surface area contributed by atoms with Crippen molar-refractivity contribution in [1.29, 1.82) is 0 Å². The van der Waals surface area contributed by atoms with E-state index in [1.54, 1.807) is 6.92 Å². The molecule has 0 amide bonds. The van der Waals surface area contributed by atoms with Gasteiger partial charge in [0.25, 0.3) is 10.1 Å². The fraction of sp³-hybridized carbons (Fsp3) is 0.143. The van der Waals surface area contributed by atoms with Crippen molar-refractivity contribution in [3.8, 4) is 0 Å². The summed E-state index contributed by atoms with van der Waals surface area (Å²) in [5.74, 6) is 0. The van der Waals surface area contributed by atoms with Crippen molar-refractivity contribution in [3.05, 3.63) is 25.6 Å². The zero-order valence-electron chi connectivity index (χ0n) is 6.88. The predicted molar refractivity (Wildman–Crippen MR) is 61.4 cm³/mol. The van der Waals surface area contributed by atoms with Crippen LogP contribution in [0.4, 0.5) is 0 Å². The number of benzene rings is 1. The van der Waals surface area contributed by atoms with Crippen LogP contribution < -0.4 is 0 Å². The monoisotopic (exact) mass is 362 g/mol. The molecule has 0 radical (unpaired) electrons. The third-order valence-corrected chi connectivity index (χ3v) is 5.15. The third kappa shape index (κ3) is 2.30. The first-order chi connectivity index (χ1) is 6.25. The molecule has 0 fully saturated rings. The van der Waals surface area contributed by atoms with E-state index in [1.807, 2.05) is 0 Å². The average Bonchev–Trinajstić information content (AvgIpc) is 1.97. The molecule has 1 rings (SSSR count). The van der Waals surface area contributed by atoms with Crippen LogP contribution in [0.2, 0.25) is 5.02 Å². The molecule has 0 unspecified atom stereocenters. The molecule has 0 atom stereocenters. The van der Waals surface area contributed by atoms with Crippen LogP contribution >= 0.6 is 43.5 Å². The Bertz CT molecular complexity index is 484. The highest BCUT2D eigenvalue weighted by Gasteiger charge is 2.21. The average molecular weight is 364 g/mol. The van der Waals surface area contributed by atoms with E-state index in [-0.39, 0.29) is 18.9 Å². The molecule has 0 saturated carbocycles. The maximum atomic E-state index is 11.0. The Morgan fingerprint density at radius 1 is 1.43 bits per heavy atom. The van der Waals surface area contributed by atoms with Gasteiger partial charge in [0.2, 0.25) is 0 Å². The lowest BCUT2D eigenvalue weighted by atomic mass is 10.2. The minimum absolute atomic E-state index is 0.161. The van der Waals surface area contributed by atoms with Gasteiger partial charge in [-0.1, -0.05) is 11.6 Å². The Labute approximate surface area is 103 Å². The summed E-state index contributed by atoms with van der Waals surface area (Å²) >= 11 is 11.9. The maximum Gasteiger partial charge on any atom is 0.296 e. The van der Waals surface area contributed by atoms with E-state index in [1.165, 1.54) is 6.07 Å².